The zero-order valence-corrected chi connectivity index (χ0v) is 8.52. The molecule has 0 aromatic heterocycles. The highest BCUT2D eigenvalue weighted by molar-refractivity contribution is 5.84. The number of amidine groups is 1. The van der Waals surface area contributed by atoms with Crippen LogP contribution in [0.5, 0.6) is 0 Å². The second kappa shape index (κ2) is 7.06. The Morgan fingerprint density at radius 3 is 2.58 bits per heavy atom. The molecule has 1 aliphatic rings. The molecule has 0 saturated carbocycles. The van der Waals surface area contributed by atoms with E-state index in [0.717, 1.165) is 25.5 Å². The molecule has 0 spiro atoms. The maximum atomic E-state index is 4.27. The van der Waals surface area contributed by atoms with Gasteiger partial charge in [0, 0.05) is 13.6 Å². The van der Waals surface area contributed by atoms with Crippen LogP contribution in [0, 0.1) is 0 Å². The average molecular weight is 172 g/mol. The number of rotatable bonds is 1. The Bertz CT molecular complexity index is 133. The third kappa shape index (κ3) is 4.31. The third-order valence-corrected chi connectivity index (χ3v) is 1.47. The molecule has 1 rings (SSSR count). The Hall–Kier alpha value is -0.610. The fraction of sp³-hybridized carbons (Fsp3) is 0.875. The Balaban J connectivity index is 0.000000561. The summed E-state index contributed by atoms with van der Waals surface area (Å²) in [5.41, 5.74) is 5.82. The van der Waals surface area contributed by atoms with Crippen LogP contribution in [0.3, 0.4) is 0 Å². The predicted octanol–water partition coefficient (Wildman–Crippen LogP) is 0.0805. The van der Waals surface area contributed by atoms with Crippen LogP contribution in [0.2, 0.25) is 0 Å². The van der Waals surface area contributed by atoms with Gasteiger partial charge in [-0.05, 0) is 7.05 Å². The van der Waals surface area contributed by atoms with Crippen LogP contribution >= 0.6 is 0 Å². The number of nitrogens with zero attached hydrogens (tertiary/aromatic N) is 2. The van der Waals surface area contributed by atoms with Gasteiger partial charge >= 0.3 is 0 Å². The van der Waals surface area contributed by atoms with Crippen LogP contribution in [-0.4, -0.2) is 44.5 Å². The molecule has 72 valence electrons. The van der Waals surface area contributed by atoms with E-state index >= 15 is 0 Å². The van der Waals surface area contributed by atoms with Gasteiger partial charge in [0.2, 0.25) is 0 Å². The highest BCUT2D eigenvalue weighted by atomic mass is 15.4. The van der Waals surface area contributed by atoms with E-state index in [-0.39, 0.29) is 0 Å². The van der Waals surface area contributed by atoms with Crippen molar-refractivity contribution in [2.24, 2.45) is 4.99 Å². The van der Waals surface area contributed by atoms with E-state index in [1.807, 2.05) is 20.9 Å². The molecule has 0 fully saturated rings. The lowest BCUT2D eigenvalue weighted by Gasteiger charge is -2.22. The molecule has 12 heavy (non-hydrogen) atoms. The van der Waals surface area contributed by atoms with Crippen LogP contribution in [0.4, 0.5) is 0 Å². The van der Waals surface area contributed by atoms with Crippen molar-refractivity contribution in [3.05, 3.63) is 0 Å². The van der Waals surface area contributed by atoms with Crippen molar-refractivity contribution in [2.45, 2.75) is 13.8 Å². The van der Waals surface area contributed by atoms with Crippen molar-refractivity contribution in [1.29, 1.82) is 0 Å². The predicted molar refractivity (Wildman–Crippen MR) is 53.3 cm³/mol. The fourth-order valence-corrected chi connectivity index (χ4v) is 0.964. The number of hydrazine groups is 1. The summed E-state index contributed by atoms with van der Waals surface area (Å²) in [5.74, 6) is 1.02. The van der Waals surface area contributed by atoms with Crippen LogP contribution in [0.15, 0.2) is 4.99 Å². The maximum Gasteiger partial charge on any atom is 0.125 e. The van der Waals surface area contributed by atoms with Gasteiger partial charge in [0.1, 0.15) is 5.84 Å². The van der Waals surface area contributed by atoms with Crippen molar-refractivity contribution in [3.8, 4) is 0 Å². The fourth-order valence-electron chi connectivity index (χ4n) is 0.964. The third-order valence-electron chi connectivity index (χ3n) is 1.47. The van der Waals surface area contributed by atoms with E-state index in [2.05, 4.69) is 27.8 Å². The summed E-state index contributed by atoms with van der Waals surface area (Å²) in [6.45, 7) is 6.89. The number of hydrogen-bond donors (Lipinski definition) is 2. The Kier molecular flexibility index (Phi) is 6.70. The maximum absolute atomic E-state index is 4.27. The van der Waals surface area contributed by atoms with E-state index in [1.54, 1.807) is 0 Å². The summed E-state index contributed by atoms with van der Waals surface area (Å²) < 4.78 is 0. The van der Waals surface area contributed by atoms with Gasteiger partial charge in [0.05, 0.1) is 13.1 Å². The molecule has 1 heterocycles. The summed E-state index contributed by atoms with van der Waals surface area (Å²) in [7, 11) is 3.93. The van der Waals surface area contributed by atoms with Crippen molar-refractivity contribution >= 4 is 5.84 Å². The van der Waals surface area contributed by atoms with Gasteiger partial charge in [-0.2, -0.15) is 0 Å². The van der Waals surface area contributed by atoms with Crippen molar-refractivity contribution in [3.63, 3.8) is 0 Å². The molecule has 2 N–H and O–H groups in total. The first kappa shape index (κ1) is 11.4. The second-order valence-electron chi connectivity index (χ2n) is 2.44. The minimum Gasteiger partial charge on any atom is -0.309 e. The SMILES string of the molecule is CC.CNNC1=NCCN(C)C1. The molecule has 4 nitrogen and oxygen atoms in total. The number of aliphatic imine (C=N–C) groups is 1. The van der Waals surface area contributed by atoms with Gasteiger partial charge in [-0.15, -0.1) is 0 Å². The molecule has 0 aliphatic carbocycles. The Morgan fingerprint density at radius 1 is 1.42 bits per heavy atom. The van der Waals surface area contributed by atoms with E-state index < -0.39 is 0 Å². The molecule has 0 atom stereocenters. The second-order valence-corrected chi connectivity index (χ2v) is 2.44. The van der Waals surface area contributed by atoms with Gasteiger partial charge in [0.25, 0.3) is 0 Å². The summed E-state index contributed by atoms with van der Waals surface area (Å²) in [5, 5.41) is 0. The molecule has 0 aromatic rings. The molecule has 1 aliphatic heterocycles. The lowest BCUT2D eigenvalue weighted by Crippen LogP contribution is -2.44. The lowest BCUT2D eigenvalue weighted by molar-refractivity contribution is 0.371. The number of hydrogen-bond acceptors (Lipinski definition) is 4. The largest absolute Gasteiger partial charge is 0.309 e. The van der Waals surface area contributed by atoms with Crippen LogP contribution < -0.4 is 10.9 Å². The van der Waals surface area contributed by atoms with Gasteiger partial charge < -0.3 is 5.43 Å². The number of nitrogens with one attached hydrogen (secondary N) is 2. The van der Waals surface area contributed by atoms with E-state index in [0.29, 0.717) is 0 Å². The summed E-state index contributed by atoms with van der Waals surface area (Å²) in [6.07, 6.45) is 0. The summed E-state index contributed by atoms with van der Waals surface area (Å²) in [4.78, 5) is 6.50. The van der Waals surface area contributed by atoms with Crippen molar-refractivity contribution < 1.29 is 0 Å². The monoisotopic (exact) mass is 172 g/mol. The molecule has 4 heteroatoms. The van der Waals surface area contributed by atoms with Gasteiger partial charge in [-0.25, -0.2) is 5.43 Å². The highest BCUT2D eigenvalue weighted by Crippen LogP contribution is 1.90. The van der Waals surface area contributed by atoms with Crippen molar-refractivity contribution in [2.75, 3.05) is 33.7 Å². The van der Waals surface area contributed by atoms with Gasteiger partial charge in [-0.1, -0.05) is 13.8 Å². The van der Waals surface area contributed by atoms with E-state index in [1.165, 1.54) is 0 Å². The molecule has 0 bridgehead atoms. The minimum atomic E-state index is 0.903. The van der Waals surface area contributed by atoms with Crippen molar-refractivity contribution in [1.82, 2.24) is 15.8 Å². The molecule has 0 saturated heterocycles. The lowest BCUT2D eigenvalue weighted by atomic mass is 10.4. The smallest absolute Gasteiger partial charge is 0.125 e. The summed E-state index contributed by atoms with van der Waals surface area (Å²) in [6, 6.07) is 0. The standard InChI is InChI=1S/C6H14N4.C2H6/c1-7-9-6-5-10(2)4-3-8-6;1-2/h7H,3-5H2,1-2H3,(H,8,9);1-2H3. The molecular formula is C8H20N4. The normalized spacial score (nSPS) is 17.5. The first-order chi connectivity index (χ1) is 5.83. The van der Waals surface area contributed by atoms with Crippen LogP contribution in [-0.2, 0) is 0 Å². The molecule has 0 amide bonds. The minimum absolute atomic E-state index is 0.903. The first-order valence-electron chi connectivity index (χ1n) is 4.47. The topological polar surface area (TPSA) is 39.7 Å². The highest BCUT2D eigenvalue weighted by Gasteiger charge is 2.07. The molecule has 0 aromatic carbocycles. The molecule has 0 radical (unpaired) electrons. The molecule has 0 unspecified atom stereocenters. The zero-order chi connectivity index (χ0) is 9.40. The quantitative estimate of drug-likeness (QED) is 0.550. The zero-order valence-electron chi connectivity index (χ0n) is 8.52. The first-order valence-corrected chi connectivity index (χ1v) is 4.47. The Labute approximate surface area is 75.0 Å². The van der Waals surface area contributed by atoms with Crippen LogP contribution in [0.25, 0.3) is 0 Å². The molecular weight excluding hydrogens is 152 g/mol. The summed E-state index contributed by atoms with van der Waals surface area (Å²) >= 11 is 0. The Morgan fingerprint density at radius 2 is 2.08 bits per heavy atom. The van der Waals surface area contributed by atoms with E-state index in [9.17, 15) is 0 Å². The van der Waals surface area contributed by atoms with Gasteiger partial charge in [0.15, 0.2) is 0 Å². The van der Waals surface area contributed by atoms with Crippen LogP contribution in [0.1, 0.15) is 13.8 Å². The van der Waals surface area contributed by atoms with Gasteiger partial charge in [-0.3, -0.25) is 9.89 Å². The number of likely N-dealkylation sites (N-methyl/N-ethyl adjacent to an activating group) is 1. The van der Waals surface area contributed by atoms with E-state index in [4.69, 9.17) is 0 Å². The average Bonchev–Trinajstić information content (AvgIpc) is 2.09.